The van der Waals surface area contributed by atoms with Gasteiger partial charge in [0.2, 0.25) is 0 Å². The lowest BCUT2D eigenvalue weighted by molar-refractivity contribution is 0.207. The second-order valence-electron chi connectivity index (χ2n) is 6.41. The number of allylic oxidation sites excluding steroid dienone is 1. The van der Waals surface area contributed by atoms with E-state index in [-0.39, 0.29) is 18.1 Å². The van der Waals surface area contributed by atoms with Crippen LogP contribution in [0.5, 0.6) is 0 Å². The molecule has 2 aromatic rings. The van der Waals surface area contributed by atoms with Gasteiger partial charge in [-0.25, -0.2) is 0 Å². The van der Waals surface area contributed by atoms with Gasteiger partial charge in [0.25, 0.3) is 0 Å². The van der Waals surface area contributed by atoms with E-state index in [2.05, 4.69) is 66.5 Å². The minimum absolute atomic E-state index is 0.0736. The molecule has 0 amide bonds. The first-order chi connectivity index (χ1) is 12.0. The van der Waals surface area contributed by atoms with Crippen LogP contribution in [0.4, 0.5) is 0 Å². The molecule has 0 aliphatic rings. The van der Waals surface area contributed by atoms with Crippen LogP contribution < -0.4 is 5.32 Å². The highest BCUT2D eigenvalue weighted by Crippen LogP contribution is 2.23. The lowest BCUT2D eigenvalue weighted by Crippen LogP contribution is -2.18. The van der Waals surface area contributed by atoms with E-state index < -0.39 is 0 Å². The molecule has 0 aliphatic carbocycles. The van der Waals surface area contributed by atoms with Crippen molar-refractivity contribution in [2.75, 3.05) is 13.2 Å². The molecular weight excluding hydrogens is 306 g/mol. The Morgan fingerprint density at radius 1 is 1.12 bits per heavy atom. The van der Waals surface area contributed by atoms with Crippen molar-refractivity contribution < 1.29 is 5.11 Å². The van der Waals surface area contributed by atoms with Crippen LogP contribution in [0.1, 0.15) is 46.2 Å². The fourth-order valence-corrected chi connectivity index (χ4v) is 2.38. The summed E-state index contributed by atoms with van der Waals surface area (Å²) in [4.78, 5) is 0. The standard InChI is InChI=1S/C21H25NO.C2H6/c1-17(22-15-8-4-7-14-21(2,3)16-23)19-13-9-11-18-10-5-6-12-20(18)19;1-2/h4-6,8-13,17,22-23H,15-16H2,1-3H3;1-2H3/b8-4+;. The van der Waals surface area contributed by atoms with Crippen LogP contribution in [0.25, 0.3) is 10.8 Å². The van der Waals surface area contributed by atoms with Crippen molar-refractivity contribution in [3.05, 3.63) is 60.2 Å². The molecule has 2 nitrogen and oxygen atoms in total. The highest BCUT2D eigenvalue weighted by atomic mass is 16.3. The molecule has 0 saturated carbocycles. The zero-order chi connectivity index (χ0) is 18.7. The largest absolute Gasteiger partial charge is 0.395 e. The Bertz CT molecular complexity index is 729. The van der Waals surface area contributed by atoms with Crippen molar-refractivity contribution in [1.29, 1.82) is 0 Å². The van der Waals surface area contributed by atoms with Crippen LogP contribution in [0.2, 0.25) is 0 Å². The van der Waals surface area contributed by atoms with Crippen molar-refractivity contribution in [1.82, 2.24) is 5.32 Å². The summed E-state index contributed by atoms with van der Waals surface area (Å²) < 4.78 is 0. The fourth-order valence-electron chi connectivity index (χ4n) is 2.38. The average Bonchev–Trinajstić information content (AvgIpc) is 2.65. The summed E-state index contributed by atoms with van der Waals surface area (Å²) >= 11 is 0. The second-order valence-corrected chi connectivity index (χ2v) is 6.41. The van der Waals surface area contributed by atoms with E-state index in [1.54, 1.807) is 0 Å². The molecular formula is C23H31NO. The molecule has 0 aromatic heterocycles. The Balaban J connectivity index is 0.00000151. The van der Waals surface area contributed by atoms with Gasteiger partial charge in [0.1, 0.15) is 0 Å². The van der Waals surface area contributed by atoms with Crippen molar-refractivity contribution in [3.63, 3.8) is 0 Å². The molecule has 2 rings (SSSR count). The maximum absolute atomic E-state index is 9.14. The number of aliphatic hydroxyl groups is 1. The van der Waals surface area contributed by atoms with Gasteiger partial charge >= 0.3 is 0 Å². The molecule has 134 valence electrons. The van der Waals surface area contributed by atoms with Crippen LogP contribution in [-0.4, -0.2) is 18.3 Å². The third kappa shape index (κ3) is 6.74. The Morgan fingerprint density at radius 2 is 1.80 bits per heavy atom. The molecule has 1 atom stereocenters. The van der Waals surface area contributed by atoms with E-state index >= 15 is 0 Å². The van der Waals surface area contributed by atoms with E-state index in [1.165, 1.54) is 16.3 Å². The summed E-state index contributed by atoms with van der Waals surface area (Å²) in [6.07, 6.45) is 3.86. The van der Waals surface area contributed by atoms with Crippen molar-refractivity contribution in [2.45, 2.75) is 40.7 Å². The Kier molecular flexibility index (Phi) is 8.99. The summed E-state index contributed by atoms with van der Waals surface area (Å²) in [7, 11) is 0. The molecule has 0 spiro atoms. The summed E-state index contributed by atoms with van der Waals surface area (Å²) in [6, 6.07) is 15.2. The number of benzene rings is 2. The molecule has 2 aromatic carbocycles. The lowest BCUT2D eigenvalue weighted by Gasteiger charge is -2.15. The number of rotatable bonds is 5. The van der Waals surface area contributed by atoms with Gasteiger partial charge in [-0.3, -0.25) is 0 Å². The van der Waals surface area contributed by atoms with Crippen molar-refractivity contribution >= 4 is 10.8 Å². The minimum Gasteiger partial charge on any atom is -0.395 e. The maximum atomic E-state index is 9.14. The Labute approximate surface area is 153 Å². The predicted molar refractivity (Wildman–Crippen MR) is 109 cm³/mol. The number of aliphatic hydroxyl groups excluding tert-OH is 1. The molecule has 0 heterocycles. The van der Waals surface area contributed by atoms with Crippen LogP contribution in [0, 0.1) is 17.3 Å². The van der Waals surface area contributed by atoms with Crippen LogP contribution in [0.3, 0.4) is 0 Å². The van der Waals surface area contributed by atoms with Crippen molar-refractivity contribution in [3.8, 4) is 11.8 Å². The van der Waals surface area contributed by atoms with Crippen LogP contribution in [-0.2, 0) is 0 Å². The molecule has 0 aliphatic heterocycles. The Morgan fingerprint density at radius 3 is 2.52 bits per heavy atom. The first kappa shape index (κ1) is 21.0. The topological polar surface area (TPSA) is 32.3 Å². The summed E-state index contributed by atoms with van der Waals surface area (Å²) in [5.41, 5.74) is 0.970. The first-order valence-electron chi connectivity index (χ1n) is 9.03. The van der Waals surface area contributed by atoms with E-state index in [4.69, 9.17) is 5.11 Å². The van der Waals surface area contributed by atoms with Crippen LogP contribution in [0.15, 0.2) is 54.6 Å². The summed E-state index contributed by atoms with van der Waals surface area (Å²) in [5, 5.41) is 15.2. The molecule has 0 bridgehead atoms. The number of nitrogens with one attached hydrogen (secondary N) is 1. The third-order valence-electron chi connectivity index (χ3n) is 3.84. The van der Waals surface area contributed by atoms with Crippen LogP contribution >= 0.6 is 0 Å². The minimum atomic E-state index is -0.339. The van der Waals surface area contributed by atoms with Gasteiger partial charge in [0.05, 0.1) is 6.61 Å². The van der Waals surface area contributed by atoms with Gasteiger partial charge in [0.15, 0.2) is 0 Å². The zero-order valence-corrected chi connectivity index (χ0v) is 16.1. The van der Waals surface area contributed by atoms with Gasteiger partial charge in [-0.05, 0) is 43.2 Å². The Hall–Kier alpha value is -2.08. The van der Waals surface area contributed by atoms with Gasteiger partial charge in [-0.15, -0.1) is 0 Å². The molecule has 0 fully saturated rings. The quantitative estimate of drug-likeness (QED) is 0.744. The molecule has 2 heteroatoms. The van der Waals surface area contributed by atoms with Gasteiger partial charge in [0, 0.05) is 18.0 Å². The van der Waals surface area contributed by atoms with Gasteiger partial charge in [-0.2, -0.15) is 0 Å². The number of hydrogen-bond donors (Lipinski definition) is 2. The SMILES string of the molecule is CC.CC(NC/C=C/C#CC(C)(C)CO)c1cccc2ccccc12. The third-order valence-corrected chi connectivity index (χ3v) is 3.84. The van der Waals surface area contributed by atoms with E-state index in [9.17, 15) is 0 Å². The summed E-state index contributed by atoms with van der Waals surface area (Å²) in [6.45, 7) is 10.9. The molecule has 25 heavy (non-hydrogen) atoms. The van der Waals surface area contributed by atoms with E-state index in [1.807, 2.05) is 39.8 Å². The second kappa shape index (κ2) is 10.7. The highest BCUT2D eigenvalue weighted by Gasteiger charge is 2.10. The highest BCUT2D eigenvalue weighted by molar-refractivity contribution is 5.86. The predicted octanol–water partition coefficient (Wildman–Crippen LogP) is 5.09. The van der Waals surface area contributed by atoms with E-state index in [0.29, 0.717) is 0 Å². The molecule has 0 radical (unpaired) electrons. The summed E-state index contributed by atoms with van der Waals surface area (Å²) in [5.74, 6) is 6.03. The van der Waals surface area contributed by atoms with Gasteiger partial charge in [-0.1, -0.05) is 74.2 Å². The van der Waals surface area contributed by atoms with E-state index in [0.717, 1.165) is 6.54 Å². The molecule has 0 saturated heterocycles. The van der Waals surface area contributed by atoms with Crippen molar-refractivity contribution in [2.24, 2.45) is 5.41 Å². The lowest BCUT2D eigenvalue weighted by atomic mass is 9.96. The first-order valence-corrected chi connectivity index (χ1v) is 9.03. The number of hydrogen-bond acceptors (Lipinski definition) is 2. The monoisotopic (exact) mass is 337 g/mol. The smallest absolute Gasteiger partial charge is 0.0591 e. The molecule has 1 unspecified atom stereocenters. The molecule has 2 N–H and O–H groups in total. The fraction of sp³-hybridized carbons (Fsp3) is 0.391. The average molecular weight is 338 g/mol. The zero-order valence-electron chi connectivity index (χ0n) is 16.1. The number of fused-ring (bicyclic) bond motifs is 1. The normalized spacial score (nSPS) is 12.2. The maximum Gasteiger partial charge on any atom is 0.0591 e. The van der Waals surface area contributed by atoms with Gasteiger partial charge < -0.3 is 10.4 Å².